The minimum Gasteiger partial charge on any atom is -0.373 e. The summed E-state index contributed by atoms with van der Waals surface area (Å²) >= 11 is 5.85. The number of nitrogens with one attached hydrogen (secondary N) is 1. The van der Waals surface area contributed by atoms with Crippen LogP contribution in [0.1, 0.15) is 29.8 Å². The van der Waals surface area contributed by atoms with E-state index in [0.717, 1.165) is 25.3 Å². The van der Waals surface area contributed by atoms with Gasteiger partial charge in [0.05, 0.1) is 12.2 Å². The molecule has 0 aliphatic carbocycles. The van der Waals surface area contributed by atoms with Crippen molar-refractivity contribution in [2.24, 2.45) is 0 Å². The summed E-state index contributed by atoms with van der Waals surface area (Å²) < 4.78 is 5.77. The van der Waals surface area contributed by atoms with E-state index in [1.165, 1.54) is 5.56 Å². The summed E-state index contributed by atoms with van der Waals surface area (Å²) in [5, 5.41) is 3.53. The quantitative estimate of drug-likeness (QED) is 0.890. The topological polar surface area (TPSA) is 41.6 Å². The number of ether oxygens (including phenoxy) is 1. The van der Waals surface area contributed by atoms with Crippen molar-refractivity contribution in [3.63, 3.8) is 0 Å². The number of hydrogen-bond acceptors (Lipinski definition) is 3. The Bertz CT molecular complexity index is 705. The largest absolute Gasteiger partial charge is 0.373 e. The van der Waals surface area contributed by atoms with Gasteiger partial charge in [0.25, 0.3) is 5.91 Å². The molecule has 1 fully saturated rings. The van der Waals surface area contributed by atoms with Crippen molar-refractivity contribution in [1.29, 1.82) is 0 Å². The molecular weight excluding hydrogens is 336 g/mol. The third kappa shape index (κ3) is 5.05. The highest BCUT2D eigenvalue weighted by Gasteiger charge is 2.21. The van der Waals surface area contributed by atoms with E-state index in [1.807, 2.05) is 12.1 Å². The van der Waals surface area contributed by atoms with Gasteiger partial charge in [0.1, 0.15) is 0 Å². The number of halogens is 1. The van der Waals surface area contributed by atoms with Crippen LogP contribution in [0.5, 0.6) is 0 Å². The van der Waals surface area contributed by atoms with Gasteiger partial charge >= 0.3 is 0 Å². The molecule has 25 heavy (non-hydrogen) atoms. The highest BCUT2D eigenvalue weighted by Crippen LogP contribution is 2.17. The lowest BCUT2D eigenvalue weighted by Crippen LogP contribution is -2.44. The zero-order chi connectivity index (χ0) is 17.8. The Morgan fingerprint density at radius 1 is 1.08 bits per heavy atom. The maximum Gasteiger partial charge on any atom is 0.255 e. The number of carbonyl (C=O) groups is 1. The second kappa shape index (κ2) is 8.00. The minimum absolute atomic E-state index is 0.139. The highest BCUT2D eigenvalue weighted by atomic mass is 35.5. The summed E-state index contributed by atoms with van der Waals surface area (Å²) in [4.78, 5) is 14.6. The molecule has 0 spiro atoms. The van der Waals surface area contributed by atoms with Gasteiger partial charge in [-0.3, -0.25) is 9.69 Å². The Morgan fingerprint density at radius 3 is 2.28 bits per heavy atom. The van der Waals surface area contributed by atoms with Gasteiger partial charge in [0.2, 0.25) is 0 Å². The highest BCUT2D eigenvalue weighted by molar-refractivity contribution is 6.30. The van der Waals surface area contributed by atoms with Crippen LogP contribution in [-0.2, 0) is 11.3 Å². The normalized spacial score (nSPS) is 21.1. The number of hydrogen-bond donors (Lipinski definition) is 1. The van der Waals surface area contributed by atoms with Crippen LogP contribution < -0.4 is 5.32 Å². The summed E-state index contributed by atoms with van der Waals surface area (Å²) in [5.74, 6) is -0.139. The van der Waals surface area contributed by atoms with Crippen LogP contribution in [-0.4, -0.2) is 36.1 Å². The van der Waals surface area contributed by atoms with Gasteiger partial charge in [0.15, 0.2) is 0 Å². The van der Waals surface area contributed by atoms with Gasteiger partial charge in [-0.1, -0.05) is 23.7 Å². The number of anilines is 1. The molecule has 3 rings (SSSR count). The second-order valence-electron chi connectivity index (χ2n) is 6.61. The minimum atomic E-state index is -0.139. The lowest BCUT2D eigenvalue weighted by Gasteiger charge is -2.35. The first-order valence-corrected chi connectivity index (χ1v) is 8.91. The molecule has 1 aliphatic heterocycles. The molecule has 4 nitrogen and oxygen atoms in total. The second-order valence-corrected chi connectivity index (χ2v) is 7.05. The van der Waals surface area contributed by atoms with E-state index in [2.05, 4.69) is 36.2 Å². The summed E-state index contributed by atoms with van der Waals surface area (Å²) in [6.45, 7) is 7.00. The predicted molar refractivity (Wildman–Crippen MR) is 101 cm³/mol. The Hall–Kier alpha value is -1.88. The van der Waals surface area contributed by atoms with Crippen molar-refractivity contribution in [2.45, 2.75) is 32.6 Å². The van der Waals surface area contributed by atoms with Gasteiger partial charge in [-0.05, 0) is 55.8 Å². The number of morpholine rings is 1. The van der Waals surface area contributed by atoms with E-state index in [4.69, 9.17) is 16.3 Å². The van der Waals surface area contributed by atoms with Crippen molar-refractivity contribution >= 4 is 23.2 Å². The van der Waals surface area contributed by atoms with Gasteiger partial charge in [0, 0.05) is 35.9 Å². The van der Waals surface area contributed by atoms with Crippen LogP contribution in [0.2, 0.25) is 5.02 Å². The van der Waals surface area contributed by atoms with Gasteiger partial charge in [-0.25, -0.2) is 0 Å². The molecule has 1 aliphatic rings. The van der Waals surface area contributed by atoms with Crippen molar-refractivity contribution in [1.82, 2.24) is 4.90 Å². The smallest absolute Gasteiger partial charge is 0.255 e. The van der Waals surface area contributed by atoms with Gasteiger partial charge in [-0.2, -0.15) is 0 Å². The van der Waals surface area contributed by atoms with Crippen molar-refractivity contribution in [3.8, 4) is 0 Å². The summed E-state index contributed by atoms with van der Waals surface area (Å²) in [5.41, 5.74) is 2.60. The average Bonchev–Trinajstić information content (AvgIpc) is 2.56. The van der Waals surface area contributed by atoms with E-state index < -0.39 is 0 Å². The first kappa shape index (κ1) is 17.9. The van der Waals surface area contributed by atoms with Gasteiger partial charge in [-0.15, -0.1) is 0 Å². The standard InChI is InChI=1S/C20H23ClN2O2/c1-14-11-23(12-15(2)25-14)13-16-3-9-19(10-4-16)22-20(24)17-5-7-18(21)8-6-17/h3-10,14-15H,11-13H2,1-2H3,(H,22,24)/t14-,15?/m0/s1. The van der Waals surface area contributed by atoms with E-state index in [0.29, 0.717) is 10.6 Å². The van der Waals surface area contributed by atoms with Crippen LogP contribution in [0.4, 0.5) is 5.69 Å². The van der Waals surface area contributed by atoms with E-state index in [1.54, 1.807) is 24.3 Å². The van der Waals surface area contributed by atoms with Crippen LogP contribution >= 0.6 is 11.6 Å². The van der Waals surface area contributed by atoms with Gasteiger partial charge < -0.3 is 10.1 Å². The fourth-order valence-corrected chi connectivity index (χ4v) is 3.30. The molecule has 1 unspecified atom stereocenters. The molecule has 0 saturated carbocycles. The summed E-state index contributed by atoms with van der Waals surface area (Å²) in [7, 11) is 0. The fraction of sp³-hybridized carbons (Fsp3) is 0.350. The molecule has 2 aromatic rings. The van der Waals surface area contributed by atoms with E-state index >= 15 is 0 Å². The molecule has 1 N–H and O–H groups in total. The maximum absolute atomic E-state index is 12.2. The Morgan fingerprint density at radius 2 is 1.68 bits per heavy atom. The molecular formula is C20H23ClN2O2. The molecule has 132 valence electrons. The molecule has 0 radical (unpaired) electrons. The SMILES string of the molecule is CC1CN(Cc2ccc(NC(=O)c3ccc(Cl)cc3)cc2)C[C@H](C)O1. The number of nitrogens with zero attached hydrogens (tertiary/aromatic N) is 1. The molecule has 0 bridgehead atoms. The first-order valence-electron chi connectivity index (χ1n) is 8.53. The summed E-state index contributed by atoms with van der Waals surface area (Å²) in [6, 6.07) is 14.9. The van der Waals surface area contributed by atoms with Crippen LogP contribution in [0, 0.1) is 0 Å². The molecule has 1 heterocycles. The van der Waals surface area contributed by atoms with Crippen molar-refractivity contribution in [3.05, 3.63) is 64.7 Å². The van der Waals surface area contributed by atoms with E-state index in [-0.39, 0.29) is 18.1 Å². The lowest BCUT2D eigenvalue weighted by atomic mass is 10.1. The summed E-state index contributed by atoms with van der Waals surface area (Å²) in [6.07, 6.45) is 0.531. The molecule has 1 amide bonds. The van der Waals surface area contributed by atoms with Crippen LogP contribution in [0.25, 0.3) is 0 Å². The molecule has 1 saturated heterocycles. The van der Waals surface area contributed by atoms with E-state index in [9.17, 15) is 4.79 Å². The van der Waals surface area contributed by atoms with Crippen molar-refractivity contribution < 1.29 is 9.53 Å². The molecule has 2 atom stereocenters. The molecule has 2 aromatic carbocycles. The zero-order valence-electron chi connectivity index (χ0n) is 14.5. The molecule has 0 aromatic heterocycles. The zero-order valence-corrected chi connectivity index (χ0v) is 15.3. The third-order valence-corrected chi connectivity index (χ3v) is 4.47. The predicted octanol–water partition coefficient (Wildman–Crippen LogP) is 4.20. The molecule has 5 heteroatoms. The number of benzene rings is 2. The Kier molecular flexibility index (Phi) is 5.74. The van der Waals surface area contributed by atoms with Crippen LogP contribution in [0.3, 0.4) is 0 Å². The first-order chi connectivity index (χ1) is 12.0. The van der Waals surface area contributed by atoms with Crippen LogP contribution in [0.15, 0.2) is 48.5 Å². The Labute approximate surface area is 153 Å². The fourth-order valence-electron chi connectivity index (χ4n) is 3.17. The average molecular weight is 359 g/mol. The maximum atomic E-state index is 12.2. The van der Waals surface area contributed by atoms with Crippen molar-refractivity contribution in [2.75, 3.05) is 18.4 Å². The Balaban J connectivity index is 1.58. The lowest BCUT2D eigenvalue weighted by molar-refractivity contribution is -0.0704. The number of amides is 1. The monoisotopic (exact) mass is 358 g/mol. The third-order valence-electron chi connectivity index (χ3n) is 4.22. The number of rotatable bonds is 4. The number of carbonyl (C=O) groups excluding carboxylic acids is 1.